The molecule has 0 bridgehead atoms. The van der Waals surface area contributed by atoms with Gasteiger partial charge in [0.05, 0.1) is 6.54 Å². The molecule has 22 heavy (non-hydrogen) atoms. The molecule has 1 aliphatic heterocycles. The van der Waals surface area contributed by atoms with Gasteiger partial charge < -0.3 is 13.8 Å². The molecule has 1 aliphatic rings. The third kappa shape index (κ3) is 2.31. The summed E-state index contributed by atoms with van der Waals surface area (Å²) in [4.78, 5) is 16.8. The van der Waals surface area contributed by atoms with Crippen LogP contribution >= 0.6 is 0 Å². The van der Waals surface area contributed by atoms with Crippen LogP contribution in [0.15, 0.2) is 45.8 Å². The van der Waals surface area contributed by atoms with Crippen molar-refractivity contribution in [2.75, 3.05) is 6.61 Å². The quantitative estimate of drug-likeness (QED) is 0.741. The van der Waals surface area contributed by atoms with Crippen LogP contribution < -0.4 is 5.56 Å². The highest BCUT2D eigenvalue weighted by atomic mass is 16.5. The van der Waals surface area contributed by atoms with Gasteiger partial charge in [-0.25, -0.2) is 0 Å². The molecule has 112 valence electrons. The van der Waals surface area contributed by atoms with Crippen LogP contribution in [-0.2, 0) is 11.3 Å². The first-order chi connectivity index (χ1) is 10.8. The van der Waals surface area contributed by atoms with E-state index in [0.29, 0.717) is 23.6 Å². The van der Waals surface area contributed by atoms with Crippen molar-refractivity contribution in [3.05, 3.63) is 58.6 Å². The maximum atomic E-state index is 12.4. The van der Waals surface area contributed by atoms with Gasteiger partial charge in [-0.1, -0.05) is 23.4 Å². The zero-order valence-corrected chi connectivity index (χ0v) is 11.9. The van der Waals surface area contributed by atoms with Gasteiger partial charge in [0, 0.05) is 18.2 Å². The van der Waals surface area contributed by atoms with Crippen LogP contribution in [0.1, 0.15) is 30.7 Å². The van der Waals surface area contributed by atoms with Gasteiger partial charge >= 0.3 is 0 Å². The fourth-order valence-electron chi connectivity index (χ4n) is 2.74. The highest BCUT2D eigenvalue weighted by molar-refractivity contribution is 5.81. The Morgan fingerprint density at radius 2 is 2.18 bits per heavy atom. The smallest absolute Gasteiger partial charge is 0.258 e. The third-order valence-corrected chi connectivity index (χ3v) is 3.89. The Labute approximate surface area is 126 Å². The van der Waals surface area contributed by atoms with E-state index in [1.165, 1.54) is 0 Å². The summed E-state index contributed by atoms with van der Waals surface area (Å²) in [5.74, 6) is 0.990. The Morgan fingerprint density at radius 3 is 3.05 bits per heavy atom. The summed E-state index contributed by atoms with van der Waals surface area (Å²) >= 11 is 0. The predicted molar refractivity (Wildman–Crippen MR) is 79.5 cm³/mol. The van der Waals surface area contributed by atoms with Crippen molar-refractivity contribution in [2.24, 2.45) is 0 Å². The lowest BCUT2D eigenvalue weighted by Gasteiger charge is -2.04. The van der Waals surface area contributed by atoms with Crippen LogP contribution in [0.4, 0.5) is 0 Å². The zero-order valence-electron chi connectivity index (χ0n) is 11.9. The maximum Gasteiger partial charge on any atom is 0.258 e. The van der Waals surface area contributed by atoms with Gasteiger partial charge in [0.15, 0.2) is 5.82 Å². The zero-order chi connectivity index (χ0) is 14.9. The van der Waals surface area contributed by atoms with Crippen LogP contribution in [0.5, 0.6) is 0 Å². The van der Waals surface area contributed by atoms with E-state index in [9.17, 15) is 4.79 Å². The van der Waals surface area contributed by atoms with Crippen molar-refractivity contribution in [3.63, 3.8) is 0 Å². The average Bonchev–Trinajstić information content (AvgIpc) is 3.21. The van der Waals surface area contributed by atoms with Crippen molar-refractivity contribution in [3.8, 4) is 0 Å². The lowest BCUT2D eigenvalue weighted by molar-refractivity contribution is 0.0835. The van der Waals surface area contributed by atoms with Crippen LogP contribution in [-0.4, -0.2) is 21.3 Å². The van der Waals surface area contributed by atoms with Crippen LogP contribution in [0.2, 0.25) is 0 Å². The van der Waals surface area contributed by atoms with E-state index < -0.39 is 0 Å². The van der Waals surface area contributed by atoms with E-state index in [-0.39, 0.29) is 11.7 Å². The van der Waals surface area contributed by atoms with Crippen molar-refractivity contribution < 1.29 is 9.26 Å². The summed E-state index contributed by atoms with van der Waals surface area (Å²) in [6.45, 7) is 1.02. The van der Waals surface area contributed by atoms with Gasteiger partial charge in [0.1, 0.15) is 6.10 Å². The second-order valence-electron chi connectivity index (χ2n) is 5.39. The number of hydrogen-bond acceptors (Lipinski definition) is 5. The summed E-state index contributed by atoms with van der Waals surface area (Å²) in [6, 6.07) is 9.43. The minimum Gasteiger partial charge on any atom is -0.368 e. The monoisotopic (exact) mass is 297 g/mol. The molecule has 0 saturated carbocycles. The number of hydrogen-bond donors (Lipinski definition) is 0. The Morgan fingerprint density at radius 1 is 1.27 bits per heavy atom. The van der Waals surface area contributed by atoms with Crippen molar-refractivity contribution >= 4 is 10.8 Å². The molecule has 3 heterocycles. The second kappa shape index (κ2) is 5.38. The molecular formula is C16H15N3O3. The van der Waals surface area contributed by atoms with Gasteiger partial charge in [0.25, 0.3) is 11.4 Å². The van der Waals surface area contributed by atoms with Gasteiger partial charge in [-0.3, -0.25) is 4.79 Å². The van der Waals surface area contributed by atoms with Gasteiger partial charge in [-0.05, 0) is 30.4 Å². The van der Waals surface area contributed by atoms with Crippen LogP contribution in [0, 0.1) is 0 Å². The normalized spacial score (nSPS) is 18.1. The molecule has 0 spiro atoms. The highest BCUT2D eigenvalue weighted by Crippen LogP contribution is 2.26. The maximum absolute atomic E-state index is 12.4. The predicted octanol–water partition coefficient (Wildman–Crippen LogP) is 2.28. The molecule has 0 aliphatic carbocycles. The molecule has 1 atom stereocenters. The summed E-state index contributed by atoms with van der Waals surface area (Å²) < 4.78 is 12.4. The lowest BCUT2D eigenvalue weighted by atomic mass is 10.2. The Hall–Kier alpha value is -2.47. The average molecular weight is 297 g/mol. The minimum atomic E-state index is -0.102. The van der Waals surface area contributed by atoms with E-state index >= 15 is 0 Å². The van der Waals surface area contributed by atoms with Gasteiger partial charge in [-0.2, -0.15) is 4.98 Å². The molecule has 0 radical (unpaired) electrons. The molecule has 1 saturated heterocycles. The first-order valence-electron chi connectivity index (χ1n) is 7.33. The topological polar surface area (TPSA) is 70.2 Å². The van der Waals surface area contributed by atoms with Gasteiger partial charge in [0.2, 0.25) is 0 Å². The molecular weight excluding hydrogens is 282 g/mol. The molecule has 2 aromatic heterocycles. The number of benzene rings is 1. The molecule has 6 heteroatoms. The molecule has 4 rings (SSSR count). The largest absolute Gasteiger partial charge is 0.368 e. The summed E-state index contributed by atoms with van der Waals surface area (Å²) in [5, 5.41) is 5.57. The van der Waals surface area contributed by atoms with Crippen LogP contribution in [0.3, 0.4) is 0 Å². The van der Waals surface area contributed by atoms with Crippen molar-refractivity contribution in [1.82, 2.24) is 14.7 Å². The molecule has 3 aromatic rings. The Kier molecular flexibility index (Phi) is 3.23. The number of ether oxygens (including phenoxy) is 1. The van der Waals surface area contributed by atoms with Crippen LogP contribution in [0.25, 0.3) is 10.8 Å². The van der Waals surface area contributed by atoms with Crippen molar-refractivity contribution in [2.45, 2.75) is 25.5 Å². The molecule has 6 nitrogen and oxygen atoms in total. The summed E-state index contributed by atoms with van der Waals surface area (Å²) in [5.41, 5.74) is -0.0541. The van der Waals surface area contributed by atoms with Crippen molar-refractivity contribution in [1.29, 1.82) is 0 Å². The molecule has 0 unspecified atom stereocenters. The molecule has 1 aromatic carbocycles. The van der Waals surface area contributed by atoms with E-state index in [2.05, 4.69) is 10.1 Å². The Bertz CT molecular complexity index is 862. The lowest BCUT2D eigenvalue weighted by Crippen LogP contribution is -2.20. The first-order valence-corrected chi connectivity index (χ1v) is 7.33. The SMILES string of the molecule is O=c1c2ccccc2ccn1Cc1noc([C@@H]2CCCO2)n1. The number of aromatic nitrogens is 3. The molecule has 0 N–H and O–H groups in total. The standard InChI is InChI=1S/C16H15N3O3/c20-16-12-5-2-1-4-11(12)7-8-19(16)10-14-17-15(22-18-14)13-6-3-9-21-13/h1-2,4-5,7-8,13H,3,6,9-10H2/t13-/m0/s1. The highest BCUT2D eigenvalue weighted by Gasteiger charge is 2.23. The van der Waals surface area contributed by atoms with E-state index in [4.69, 9.17) is 9.26 Å². The Balaban J connectivity index is 1.63. The minimum absolute atomic E-state index is 0.0541. The first kappa shape index (κ1) is 13.2. The second-order valence-corrected chi connectivity index (χ2v) is 5.39. The summed E-state index contributed by atoms with van der Waals surface area (Å²) in [7, 11) is 0. The fourth-order valence-corrected chi connectivity index (χ4v) is 2.74. The number of rotatable bonds is 3. The fraction of sp³-hybridized carbons (Fsp3) is 0.312. The number of nitrogens with zero attached hydrogens (tertiary/aromatic N) is 3. The number of pyridine rings is 1. The molecule has 1 fully saturated rings. The van der Waals surface area contributed by atoms with E-state index in [1.807, 2.05) is 30.3 Å². The van der Waals surface area contributed by atoms with E-state index in [0.717, 1.165) is 24.8 Å². The van der Waals surface area contributed by atoms with E-state index in [1.54, 1.807) is 10.8 Å². The summed E-state index contributed by atoms with van der Waals surface area (Å²) in [6.07, 6.45) is 3.56. The molecule has 0 amide bonds. The third-order valence-electron chi connectivity index (χ3n) is 3.89. The van der Waals surface area contributed by atoms with Gasteiger partial charge in [-0.15, -0.1) is 0 Å². The number of fused-ring (bicyclic) bond motifs is 1.